The molecule has 2 heterocycles. The summed E-state index contributed by atoms with van der Waals surface area (Å²) in [5.74, 6) is 0.0201. The van der Waals surface area contributed by atoms with Gasteiger partial charge in [-0.15, -0.1) is 0 Å². The number of rotatable bonds is 5. The molecule has 2 N–H and O–H groups in total. The molecule has 2 saturated heterocycles. The summed E-state index contributed by atoms with van der Waals surface area (Å²) in [5.41, 5.74) is 1.10. The number of carbonyl (C=O) groups is 1. The van der Waals surface area contributed by atoms with Crippen LogP contribution >= 0.6 is 0 Å². The van der Waals surface area contributed by atoms with Crippen molar-refractivity contribution in [1.82, 2.24) is 10.2 Å². The Balaban J connectivity index is 1.41. The number of aliphatic hydroxyl groups is 1. The molecule has 3 fully saturated rings. The highest BCUT2D eigenvalue weighted by Gasteiger charge is 2.59. The first-order valence-corrected chi connectivity index (χ1v) is 10.5. The lowest BCUT2D eigenvalue weighted by atomic mass is 9.55. The molecule has 0 aromatic rings. The van der Waals surface area contributed by atoms with E-state index in [4.69, 9.17) is 4.74 Å². The fraction of sp³-hybridized carbons (Fsp3) is 0.857. The van der Waals surface area contributed by atoms with Crippen LogP contribution in [0.1, 0.15) is 46.0 Å². The third-order valence-corrected chi connectivity index (χ3v) is 7.74. The van der Waals surface area contributed by atoms with E-state index in [-0.39, 0.29) is 29.3 Å². The van der Waals surface area contributed by atoms with Gasteiger partial charge in [0.15, 0.2) is 0 Å². The molecule has 1 saturated carbocycles. The Morgan fingerprint density at radius 2 is 2.15 bits per heavy atom. The van der Waals surface area contributed by atoms with E-state index >= 15 is 0 Å². The number of likely N-dealkylation sites (tertiary alicyclic amines) is 1. The van der Waals surface area contributed by atoms with Gasteiger partial charge in [-0.2, -0.15) is 0 Å². The van der Waals surface area contributed by atoms with Crippen LogP contribution in [0.2, 0.25) is 0 Å². The number of ether oxygens (including phenoxy) is 1. The number of esters is 1. The maximum Gasteiger partial charge on any atom is 0.311 e. The molecule has 0 radical (unpaired) electrons. The number of hydrogen-bond donors (Lipinski definition) is 2. The highest BCUT2D eigenvalue weighted by Crippen LogP contribution is 2.55. The molecule has 6 atom stereocenters. The van der Waals surface area contributed by atoms with Crippen molar-refractivity contribution >= 4 is 5.97 Å². The average molecular weight is 363 g/mol. The molecular formula is C21H34N2O3. The number of carbonyl (C=O) groups excluding carboxylic acids is 1. The highest BCUT2D eigenvalue weighted by atomic mass is 16.6. The van der Waals surface area contributed by atoms with Gasteiger partial charge < -0.3 is 20.1 Å². The van der Waals surface area contributed by atoms with Gasteiger partial charge in [-0.3, -0.25) is 4.79 Å². The summed E-state index contributed by atoms with van der Waals surface area (Å²) < 4.78 is 5.72. The maximum atomic E-state index is 12.5. The quantitative estimate of drug-likeness (QED) is 0.445. The number of nitrogens with zero attached hydrogens (tertiary/aromatic N) is 1. The molecule has 0 unspecified atom stereocenters. The van der Waals surface area contributed by atoms with E-state index in [2.05, 4.69) is 30.1 Å². The van der Waals surface area contributed by atoms with Gasteiger partial charge in [0.2, 0.25) is 0 Å². The normalized spacial score (nSPS) is 43.0. The van der Waals surface area contributed by atoms with Gasteiger partial charge in [-0.05, 0) is 44.7 Å². The lowest BCUT2D eigenvalue weighted by Gasteiger charge is -2.51. The minimum absolute atomic E-state index is 0.0792. The summed E-state index contributed by atoms with van der Waals surface area (Å²) >= 11 is 0. The summed E-state index contributed by atoms with van der Waals surface area (Å²) in [6.45, 7) is 9.40. The predicted octanol–water partition coefficient (Wildman–Crippen LogP) is 1.96. The summed E-state index contributed by atoms with van der Waals surface area (Å²) in [5, 5.41) is 14.8. The van der Waals surface area contributed by atoms with Crippen molar-refractivity contribution in [3.05, 3.63) is 11.6 Å². The van der Waals surface area contributed by atoms with Gasteiger partial charge in [0.05, 0.1) is 12.0 Å². The Morgan fingerprint density at radius 3 is 2.92 bits per heavy atom. The van der Waals surface area contributed by atoms with Crippen LogP contribution in [0.5, 0.6) is 0 Å². The van der Waals surface area contributed by atoms with E-state index in [0.717, 1.165) is 32.4 Å². The molecule has 0 amide bonds. The summed E-state index contributed by atoms with van der Waals surface area (Å²) in [6, 6.07) is 0. The van der Waals surface area contributed by atoms with Crippen LogP contribution in [0.25, 0.3) is 0 Å². The first-order chi connectivity index (χ1) is 12.5. The molecule has 0 bridgehead atoms. The third kappa shape index (κ3) is 3.02. The fourth-order valence-corrected chi connectivity index (χ4v) is 5.80. The Hall–Kier alpha value is -0.910. The number of fused-ring (bicyclic) bond motifs is 2. The van der Waals surface area contributed by atoms with Crippen LogP contribution in [0.4, 0.5) is 0 Å². The van der Waals surface area contributed by atoms with Crippen LogP contribution in [-0.4, -0.2) is 60.9 Å². The molecule has 5 nitrogen and oxygen atoms in total. The van der Waals surface area contributed by atoms with Gasteiger partial charge >= 0.3 is 5.97 Å². The van der Waals surface area contributed by atoms with Crippen LogP contribution < -0.4 is 5.32 Å². The Kier molecular flexibility index (Phi) is 5.15. The van der Waals surface area contributed by atoms with Crippen LogP contribution in [0, 0.1) is 23.2 Å². The van der Waals surface area contributed by atoms with E-state index in [9.17, 15) is 9.90 Å². The minimum Gasteiger partial charge on any atom is -0.461 e. The Bertz CT molecular complexity index is 572. The molecular weight excluding hydrogens is 328 g/mol. The van der Waals surface area contributed by atoms with E-state index in [0.29, 0.717) is 12.5 Å². The molecule has 2 aliphatic heterocycles. The number of nitrogens with one attached hydrogen (secondary N) is 1. The lowest BCUT2D eigenvalue weighted by molar-refractivity contribution is -0.144. The second-order valence-electron chi connectivity index (χ2n) is 9.05. The second kappa shape index (κ2) is 7.25. The Morgan fingerprint density at radius 1 is 1.38 bits per heavy atom. The van der Waals surface area contributed by atoms with Gasteiger partial charge in [-0.25, -0.2) is 0 Å². The molecule has 4 rings (SSSR count). The zero-order valence-electron chi connectivity index (χ0n) is 16.2. The van der Waals surface area contributed by atoms with Crippen LogP contribution in [0.3, 0.4) is 0 Å². The topological polar surface area (TPSA) is 61.8 Å². The zero-order valence-corrected chi connectivity index (χ0v) is 16.2. The third-order valence-electron chi connectivity index (χ3n) is 7.74. The molecule has 26 heavy (non-hydrogen) atoms. The molecule has 2 aliphatic carbocycles. The van der Waals surface area contributed by atoms with Crippen molar-refractivity contribution in [2.75, 3.05) is 32.7 Å². The first kappa shape index (κ1) is 18.5. The largest absolute Gasteiger partial charge is 0.461 e. The predicted molar refractivity (Wildman–Crippen MR) is 101 cm³/mol. The summed E-state index contributed by atoms with van der Waals surface area (Å²) in [7, 11) is 0. The molecule has 0 aromatic carbocycles. The first-order valence-electron chi connectivity index (χ1n) is 10.5. The lowest BCUT2D eigenvalue weighted by Crippen LogP contribution is -2.54. The van der Waals surface area contributed by atoms with E-state index < -0.39 is 6.10 Å². The van der Waals surface area contributed by atoms with E-state index in [1.165, 1.54) is 31.5 Å². The number of allylic oxidation sites excluding steroid dienone is 1. The van der Waals surface area contributed by atoms with Crippen molar-refractivity contribution in [3.63, 3.8) is 0 Å². The van der Waals surface area contributed by atoms with E-state index in [1.54, 1.807) is 0 Å². The molecule has 0 spiro atoms. The van der Waals surface area contributed by atoms with Crippen molar-refractivity contribution in [2.24, 2.45) is 23.2 Å². The molecule has 146 valence electrons. The summed E-state index contributed by atoms with van der Waals surface area (Å²) in [6.07, 6.45) is 7.24. The van der Waals surface area contributed by atoms with Crippen molar-refractivity contribution in [2.45, 2.75) is 58.2 Å². The maximum absolute atomic E-state index is 12.5. The van der Waals surface area contributed by atoms with Crippen LogP contribution in [0.15, 0.2) is 11.6 Å². The fourth-order valence-electron chi connectivity index (χ4n) is 5.80. The van der Waals surface area contributed by atoms with Crippen molar-refractivity contribution in [1.29, 1.82) is 0 Å². The molecule has 4 aliphatic rings. The highest BCUT2D eigenvalue weighted by molar-refractivity contribution is 5.76. The standard InChI is InChI=1S/C21H34N2O3/c1-14-6-5-7-15-12-17-18(19(24)21(14,15)2)16(20(25)26-17)13-22-8-11-23-9-3-4-10-23/h7,14,16-19,22,24H,3-6,8-13H2,1-2H3/t14-,16-,17+,18+,19-,21+/m0/s1. The minimum atomic E-state index is -0.500. The second-order valence-corrected chi connectivity index (χ2v) is 9.05. The molecule has 5 heteroatoms. The summed E-state index contributed by atoms with van der Waals surface area (Å²) in [4.78, 5) is 15.0. The van der Waals surface area contributed by atoms with Gasteiger partial charge in [0.25, 0.3) is 0 Å². The Labute approximate surface area is 157 Å². The van der Waals surface area contributed by atoms with E-state index in [1.807, 2.05) is 0 Å². The number of hydrogen-bond acceptors (Lipinski definition) is 5. The average Bonchev–Trinajstić information content (AvgIpc) is 3.23. The smallest absolute Gasteiger partial charge is 0.311 e. The monoisotopic (exact) mass is 362 g/mol. The van der Waals surface area contributed by atoms with Gasteiger partial charge in [0.1, 0.15) is 6.10 Å². The van der Waals surface area contributed by atoms with Gasteiger partial charge in [0, 0.05) is 37.4 Å². The van der Waals surface area contributed by atoms with Crippen molar-refractivity contribution < 1.29 is 14.6 Å². The zero-order chi connectivity index (χ0) is 18.3. The molecule has 0 aromatic heterocycles. The number of aliphatic hydroxyl groups excluding tert-OH is 1. The van der Waals surface area contributed by atoms with Crippen molar-refractivity contribution in [3.8, 4) is 0 Å². The van der Waals surface area contributed by atoms with Gasteiger partial charge in [-0.1, -0.05) is 25.5 Å². The SMILES string of the molecule is C[C@H]1CCC=C2C[C@H]3OC(=O)[C@@H](CNCCN4CCCC4)[C@H]3[C@H](O)[C@@]21C. The van der Waals surface area contributed by atoms with Crippen LogP contribution in [-0.2, 0) is 9.53 Å².